The SMILES string of the molecule is CC(=O)/C=C1/[C@@]2(C)CC(C#N)=C(O)C(C)(C)[C@@H]2CC[C@@]1(C)C(C)(C)CC[C@@]1(CCCO)CCC(C)(C)CC1C. The first-order chi connectivity index (χ1) is 17.8. The quantitative estimate of drug-likeness (QED) is 0.301. The molecule has 0 aliphatic heterocycles. The number of nitrogens with zero attached hydrogens (tertiary/aromatic N) is 1. The molecule has 0 aromatic carbocycles. The lowest BCUT2D eigenvalue weighted by Crippen LogP contribution is -2.55. The van der Waals surface area contributed by atoms with Crippen LogP contribution in [0.5, 0.6) is 0 Å². The molecule has 3 rings (SSSR count). The normalized spacial score (nSPS) is 37.3. The van der Waals surface area contributed by atoms with Crippen molar-refractivity contribution in [2.24, 2.45) is 44.3 Å². The fraction of sp³-hybridized carbons (Fsp3) is 0.829. The summed E-state index contributed by atoms with van der Waals surface area (Å²) in [4.78, 5) is 12.8. The number of aliphatic hydroxyl groups is 2. The van der Waals surface area contributed by atoms with Crippen LogP contribution in [0.15, 0.2) is 23.0 Å². The van der Waals surface area contributed by atoms with E-state index >= 15 is 0 Å². The number of aliphatic hydroxyl groups excluding tert-OH is 2. The van der Waals surface area contributed by atoms with Crippen molar-refractivity contribution < 1.29 is 15.0 Å². The van der Waals surface area contributed by atoms with Gasteiger partial charge in [0, 0.05) is 12.0 Å². The number of ketones is 1. The molecule has 0 aromatic heterocycles. The average Bonchev–Trinajstić information content (AvgIpc) is 2.82. The van der Waals surface area contributed by atoms with Gasteiger partial charge in [-0.25, -0.2) is 0 Å². The maximum absolute atomic E-state index is 12.8. The average molecular weight is 540 g/mol. The van der Waals surface area contributed by atoms with E-state index in [0.717, 1.165) is 38.5 Å². The minimum Gasteiger partial charge on any atom is -0.511 e. The summed E-state index contributed by atoms with van der Waals surface area (Å²) in [6.45, 7) is 22.7. The van der Waals surface area contributed by atoms with Gasteiger partial charge in [-0.05, 0) is 116 Å². The van der Waals surface area contributed by atoms with Crippen LogP contribution in [0.1, 0.15) is 133 Å². The summed E-state index contributed by atoms with van der Waals surface area (Å²) >= 11 is 0. The van der Waals surface area contributed by atoms with E-state index in [4.69, 9.17) is 0 Å². The number of nitriles is 1. The van der Waals surface area contributed by atoms with Crippen LogP contribution in [0.3, 0.4) is 0 Å². The minimum atomic E-state index is -0.516. The summed E-state index contributed by atoms with van der Waals surface area (Å²) < 4.78 is 0. The van der Waals surface area contributed by atoms with Crippen LogP contribution >= 0.6 is 0 Å². The Morgan fingerprint density at radius 3 is 2.28 bits per heavy atom. The third-order valence-electron chi connectivity index (χ3n) is 12.5. The molecule has 2 fully saturated rings. The first-order valence-corrected chi connectivity index (χ1v) is 15.5. The predicted molar refractivity (Wildman–Crippen MR) is 160 cm³/mol. The second-order valence-electron chi connectivity index (χ2n) is 16.2. The van der Waals surface area contributed by atoms with Crippen molar-refractivity contribution in [3.63, 3.8) is 0 Å². The molecule has 4 nitrogen and oxygen atoms in total. The first kappa shape index (κ1) is 31.9. The van der Waals surface area contributed by atoms with E-state index in [1.165, 1.54) is 24.8 Å². The Balaban J connectivity index is 2.02. The molecule has 220 valence electrons. The predicted octanol–water partition coefficient (Wildman–Crippen LogP) is 9.10. The topological polar surface area (TPSA) is 81.3 Å². The van der Waals surface area contributed by atoms with Crippen molar-refractivity contribution in [1.29, 1.82) is 5.26 Å². The fourth-order valence-electron chi connectivity index (χ4n) is 9.53. The number of fused-ring (bicyclic) bond motifs is 1. The van der Waals surface area contributed by atoms with Crippen molar-refractivity contribution >= 4 is 5.78 Å². The highest BCUT2D eigenvalue weighted by Gasteiger charge is 2.61. The van der Waals surface area contributed by atoms with Gasteiger partial charge in [0.1, 0.15) is 5.76 Å². The van der Waals surface area contributed by atoms with Crippen molar-refractivity contribution in [2.75, 3.05) is 6.61 Å². The van der Waals surface area contributed by atoms with Crippen LogP contribution in [0, 0.1) is 55.7 Å². The summed E-state index contributed by atoms with van der Waals surface area (Å²) in [5.74, 6) is 1.07. The number of hydrogen-bond donors (Lipinski definition) is 2. The van der Waals surface area contributed by atoms with Crippen LogP contribution in [0.4, 0.5) is 0 Å². The number of rotatable bonds is 8. The van der Waals surface area contributed by atoms with Gasteiger partial charge in [0.25, 0.3) is 0 Å². The molecule has 1 unspecified atom stereocenters. The Hall–Kier alpha value is -1.60. The molecule has 0 saturated heterocycles. The highest BCUT2D eigenvalue weighted by Crippen LogP contribution is 2.69. The smallest absolute Gasteiger partial charge is 0.152 e. The lowest BCUT2D eigenvalue weighted by molar-refractivity contribution is -0.113. The largest absolute Gasteiger partial charge is 0.511 e. The summed E-state index contributed by atoms with van der Waals surface area (Å²) in [7, 11) is 0. The van der Waals surface area contributed by atoms with E-state index < -0.39 is 5.41 Å². The molecule has 0 aromatic rings. The summed E-state index contributed by atoms with van der Waals surface area (Å²) in [6, 6.07) is 2.31. The summed E-state index contributed by atoms with van der Waals surface area (Å²) in [5, 5.41) is 30.8. The van der Waals surface area contributed by atoms with Crippen LogP contribution in [-0.2, 0) is 4.79 Å². The fourth-order valence-corrected chi connectivity index (χ4v) is 9.53. The van der Waals surface area contributed by atoms with E-state index in [1.807, 2.05) is 6.08 Å². The molecule has 0 amide bonds. The number of allylic oxidation sites excluding steroid dienone is 4. The van der Waals surface area contributed by atoms with Gasteiger partial charge in [-0.1, -0.05) is 67.9 Å². The van der Waals surface area contributed by atoms with Gasteiger partial charge in [-0.15, -0.1) is 0 Å². The Morgan fingerprint density at radius 1 is 1.10 bits per heavy atom. The molecule has 5 atom stereocenters. The summed E-state index contributed by atoms with van der Waals surface area (Å²) in [5.41, 5.74) is 1.11. The molecule has 2 N–H and O–H groups in total. The Morgan fingerprint density at radius 2 is 1.74 bits per heavy atom. The van der Waals surface area contributed by atoms with Gasteiger partial charge in [-0.3, -0.25) is 4.79 Å². The van der Waals surface area contributed by atoms with Gasteiger partial charge in [0.05, 0.1) is 11.6 Å². The molecule has 4 heteroatoms. The van der Waals surface area contributed by atoms with Crippen LogP contribution in [-0.4, -0.2) is 22.6 Å². The summed E-state index contributed by atoms with van der Waals surface area (Å²) in [6.07, 6.45) is 12.1. The van der Waals surface area contributed by atoms with E-state index in [0.29, 0.717) is 23.3 Å². The molecule has 0 bridgehead atoms. The number of hydrogen-bond acceptors (Lipinski definition) is 4. The molecule has 0 radical (unpaired) electrons. The van der Waals surface area contributed by atoms with Gasteiger partial charge < -0.3 is 10.2 Å². The van der Waals surface area contributed by atoms with E-state index in [1.54, 1.807) is 6.92 Å². The van der Waals surface area contributed by atoms with Crippen LogP contribution < -0.4 is 0 Å². The molecule has 3 aliphatic carbocycles. The first-order valence-electron chi connectivity index (χ1n) is 15.5. The third-order valence-corrected chi connectivity index (χ3v) is 12.5. The standard InChI is InChI=1S/C35H57NO3/c1-24-21-30(3,4)15-17-35(24,13-11-19-37)18-16-31(5,6)34(10)14-12-27-32(7,8)29(39)26(23-36)22-33(27,9)28(34)20-25(2)38/h20,24,27,37,39H,11-19,21-22H2,1-10H3/b28-20-/t24?,27-,33-,34+,35+/m0/s1. The van der Waals surface area contributed by atoms with E-state index in [9.17, 15) is 20.3 Å². The zero-order chi connectivity index (χ0) is 29.7. The van der Waals surface area contributed by atoms with Gasteiger partial charge in [0.2, 0.25) is 0 Å². The second kappa shape index (κ2) is 10.7. The molecule has 3 aliphatic rings. The monoisotopic (exact) mass is 539 g/mol. The van der Waals surface area contributed by atoms with E-state index in [-0.39, 0.29) is 45.7 Å². The molecule has 0 spiro atoms. The number of carbonyl (C=O) groups is 1. The lowest BCUT2D eigenvalue weighted by atomic mass is 9.41. The van der Waals surface area contributed by atoms with Gasteiger partial charge in [-0.2, -0.15) is 5.26 Å². The third kappa shape index (κ3) is 5.51. The Kier molecular flexibility index (Phi) is 8.73. The highest BCUT2D eigenvalue weighted by molar-refractivity contribution is 5.88. The maximum atomic E-state index is 12.8. The van der Waals surface area contributed by atoms with Crippen molar-refractivity contribution in [3.05, 3.63) is 23.0 Å². The molecular weight excluding hydrogens is 482 g/mol. The molecule has 39 heavy (non-hydrogen) atoms. The van der Waals surface area contributed by atoms with Gasteiger partial charge in [0.15, 0.2) is 5.78 Å². The van der Waals surface area contributed by atoms with Crippen molar-refractivity contribution in [1.82, 2.24) is 0 Å². The molecule has 0 heterocycles. The zero-order valence-corrected chi connectivity index (χ0v) is 26.8. The zero-order valence-electron chi connectivity index (χ0n) is 26.8. The van der Waals surface area contributed by atoms with Crippen molar-refractivity contribution in [2.45, 2.75) is 133 Å². The van der Waals surface area contributed by atoms with Crippen molar-refractivity contribution in [3.8, 4) is 6.07 Å². The Labute approximate surface area is 239 Å². The molecule has 2 saturated carbocycles. The minimum absolute atomic E-state index is 0.0616. The van der Waals surface area contributed by atoms with Gasteiger partial charge >= 0.3 is 0 Å². The maximum Gasteiger partial charge on any atom is 0.152 e. The van der Waals surface area contributed by atoms with E-state index in [2.05, 4.69) is 68.4 Å². The van der Waals surface area contributed by atoms with Crippen LogP contribution in [0.25, 0.3) is 0 Å². The lowest BCUT2D eigenvalue weighted by Gasteiger charge is -2.62. The second-order valence-corrected chi connectivity index (χ2v) is 16.2. The highest BCUT2D eigenvalue weighted by atomic mass is 16.3. The number of carbonyl (C=O) groups excluding carboxylic acids is 1. The molecular formula is C35H57NO3. The van der Waals surface area contributed by atoms with Crippen LogP contribution in [0.2, 0.25) is 0 Å². The Bertz CT molecular complexity index is 1060.